The Labute approximate surface area is 126 Å². The summed E-state index contributed by atoms with van der Waals surface area (Å²) in [6.07, 6.45) is 0. The number of fused-ring (bicyclic) bond motifs is 1. The van der Waals surface area contributed by atoms with Gasteiger partial charge in [-0.15, -0.1) is 0 Å². The smallest absolute Gasteiger partial charge is 0.201 e. The van der Waals surface area contributed by atoms with E-state index in [1.165, 1.54) is 6.07 Å². The average Bonchev–Trinajstić information content (AvgIpc) is 2.67. The van der Waals surface area contributed by atoms with E-state index in [4.69, 9.17) is 10.5 Å². The SMILES string of the molecule is CCOCC(C(C)C)n1c(N)nc2cc(Br)c(F)cc21. The fourth-order valence-corrected chi connectivity index (χ4v) is 2.59. The molecule has 2 N–H and O–H groups in total. The number of nitrogen functional groups attached to an aromatic ring is 1. The third-order valence-corrected chi connectivity index (χ3v) is 3.96. The summed E-state index contributed by atoms with van der Waals surface area (Å²) in [5.74, 6) is 0.362. The molecule has 2 rings (SSSR count). The van der Waals surface area contributed by atoms with E-state index in [1.807, 2.05) is 11.5 Å². The third-order valence-electron chi connectivity index (χ3n) is 3.35. The van der Waals surface area contributed by atoms with Crippen LogP contribution in [0.15, 0.2) is 16.6 Å². The zero-order valence-electron chi connectivity index (χ0n) is 11.9. The quantitative estimate of drug-likeness (QED) is 0.899. The molecule has 2 aromatic rings. The third kappa shape index (κ3) is 2.81. The minimum Gasteiger partial charge on any atom is -0.380 e. The maximum absolute atomic E-state index is 13.8. The predicted octanol–water partition coefficient (Wildman–Crippen LogP) is 3.75. The van der Waals surface area contributed by atoms with Crippen LogP contribution >= 0.6 is 15.9 Å². The van der Waals surface area contributed by atoms with Gasteiger partial charge in [0.15, 0.2) is 0 Å². The summed E-state index contributed by atoms with van der Waals surface area (Å²) in [6, 6.07) is 3.14. The highest BCUT2D eigenvalue weighted by Gasteiger charge is 2.22. The van der Waals surface area contributed by atoms with Crippen LogP contribution in [-0.2, 0) is 4.74 Å². The van der Waals surface area contributed by atoms with Crippen molar-refractivity contribution in [1.82, 2.24) is 9.55 Å². The minimum absolute atomic E-state index is 0.0283. The van der Waals surface area contributed by atoms with Crippen LogP contribution in [0.1, 0.15) is 26.8 Å². The number of halogens is 2. The van der Waals surface area contributed by atoms with Gasteiger partial charge in [0.25, 0.3) is 0 Å². The molecule has 1 atom stereocenters. The van der Waals surface area contributed by atoms with Crippen LogP contribution < -0.4 is 5.73 Å². The molecule has 0 aliphatic rings. The lowest BCUT2D eigenvalue weighted by molar-refractivity contribution is 0.0987. The highest BCUT2D eigenvalue weighted by molar-refractivity contribution is 9.10. The lowest BCUT2D eigenvalue weighted by Crippen LogP contribution is -2.22. The van der Waals surface area contributed by atoms with Gasteiger partial charge in [-0.1, -0.05) is 13.8 Å². The van der Waals surface area contributed by atoms with Gasteiger partial charge in [-0.05, 0) is 34.8 Å². The van der Waals surface area contributed by atoms with Crippen molar-refractivity contribution in [2.24, 2.45) is 5.92 Å². The number of rotatable bonds is 5. The van der Waals surface area contributed by atoms with Crippen LogP contribution in [0.4, 0.5) is 10.3 Å². The molecule has 0 spiro atoms. The Morgan fingerprint density at radius 2 is 2.15 bits per heavy atom. The van der Waals surface area contributed by atoms with Crippen LogP contribution in [0.25, 0.3) is 11.0 Å². The Morgan fingerprint density at radius 1 is 1.45 bits per heavy atom. The molecule has 0 aliphatic heterocycles. The minimum atomic E-state index is -0.322. The first kappa shape index (κ1) is 15.3. The Kier molecular flexibility index (Phi) is 4.65. The molecule has 0 radical (unpaired) electrons. The molecule has 0 aliphatic carbocycles. The first-order chi connectivity index (χ1) is 9.45. The van der Waals surface area contributed by atoms with Gasteiger partial charge in [-0.25, -0.2) is 9.37 Å². The monoisotopic (exact) mass is 343 g/mol. The molecule has 0 saturated heterocycles. The lowest BCUT2D eigenvalue weighted by atomic mass is 10.0. The molecular weight excluding hydrogens is 325 g/mol. The molecule has 0 fully saturated rings. The number of aromatic nitrogens is 2. The van der Waals surface area contributed by atoms with Crippen molar-refractivity contribution in [1.29, 1.82) is 0 Å². The second-order valence-electron chi connectivity index (χ2n) is 5.07. The number of hydrogen-bond donors (Lipinski definition) is 1. The summed E-state index contributed by atoms with van der Waals surface area (Å²) in [5.41, 5.74) is 7.40. The first-order valence-corrected chi connectivity index (χ1v) is 7.45. The summed E-state index contributed by atoms with van der Waals surface area (Å²) in [5, 5.41) is 0. The lowest BCUT2D eigenvalue weighted by Gasteiger charge is -2.24. The fraction of sp³-hybridized carbons (Fsp3) is 0.500. The number of anilines is 1. The summed E-state index contributed by atoms with van der Waals surface area (Å²) in [7, 11) is 0. The van der Waals surface area contributed by atoms with Crippen molar-refractivity contribution in [3.63, 3.8) is 0 Å². The van der Waals surface area contributed by atoms with E-state index in [9.17, 15) is 4.39 Å². The number of nitrogens with two attached hydrogens (primary N) is 1. The Balaban J connectivity index is 2.56. The van der Waals surface area contributed by atoms with Crippen molar-refractivity contribution in [2.75, 3.05) is 18.9 Å². The summed E-state index contributed by atoms with van der Waals surface area (Å²) in [6.45, 7) is 7.29. The molecule has 20 heavy (non-hydrogen) atoms. The highest BCUT2D eigenvalue weighted by Crippen LogP contribution is 2.30. The van der Waals surface area contributed by atoms with Gasteiger partial charge >= 0.3 is 0 Å². The van der Waals surface area contributed by atoms with E-state index >= 15 is 0 Å². The zero-order valence-corrected chi connectivity index (χ0v) is 13.4. The highest BCUT2D eigenvalue weighted by atomic mass is 79.9. The molecule has 0 bridgehead atoms. The molecule has 6 heteroatoms. The van der Waals surface area contributed by atoms with Crippen LogP contribution in [-0.4, -0.2) is 22.8 Å². The molecular formula is C14H19BrFN3O. The summed E-state index contributed by atoms with van der Waals surface area (Å²) in [4.78, 5) is 4.31. The van der Waals surface area contributed by atoms with Crippen molar-refractivity contribution in [3.05, 3.63) is 22.4 Å². The largest absolute Gasteiger partial charge is 0.380 e. The normalized spacial score (nSPS) is 13.3. The van der Waals surface area contributed by atoms with Crippen LogP contribution in [0, 0.1) is 11.7 Å². The molecule has 0 amide bonds. The number of imidazole rings is 1. The van der Waals surface area contributed by atoms with E-state index in [1.54, 1.807) is 6.07 Å². The van der Waals surface area contributed by atoms with E-state index in [0.717, 1.165) is 0 Å². The van der Waals surface area contributed by atoms with Gasteiger partial charge in [0.05, 0.1) is 28.2 Å². The number of nitrogens with zero attached hydrogens (tertiary/aromatic N) is 2. The molecule has 0 saturated carbocycles. The number of hydrogen-bond acceptors (Lipinski definition) is 3. The molecule has 1 aromatic carbocycles. The second kappa shape index (κ2) is 6.10. The van der Waals surface area contributed by atoms with Gasteiger partial charge in [0.1, 0.15) is 5.82 Å². The average molecular weight is 344 g/mol. The predicted molar refractivity (Wildman–Crippen MR) is 82.2 cm³/mol. The van der Waals surface area contributed by atoms with Crippen molar-refractivity contribution >= 4 is 32.9 Å². The molecule has 1 heterocycles. The van der Waals surface area contributed by atoms with Gasteiger partial charge in [-0.2, -0.15) is 0 Å². The number of benzene rings is 1. The summed E-state index contributed by atoms with van der Waals surface area (Å²) < 4.78 is 21.6. The molecule has 1 aromatic heterocycles. The molecule has 4 nitrogen and oxygen atoms in total. The van der Waals surface area contributed by atoms with Crippen LogP contribution in [0.5, 0.6) is 0 Å². The maximum Gasteiger partial charge on any atom is 0.201 e. The summed E-state index contributed by atoms with van der Waals surface area (Å²) >= 11 is 3.17. The van der Waals surface area contributed by atoms with Gasteiger partial charge in [0.2, 0.25) is 5.95 Å². The van der Waals surface area contributed by atoms with Crippen molar-refractivity contribution in [3.8, 4) is 0 Å². The topological polar surface area (TPSA) is 53.1 Å². The Hall–Kier alpha value is -1.14. The standard InChI is InChI=1S/C14H19BrFN3O/c1-4-20-7-13(8(2)3)19-12-6-10(16)9(15)5-11(12)18-14(19)17/h5-6,8,13H,4,7H2,1-3H3,(H2,17,18). The van der Waals surface area contributed by atoms with E-state index < -0.39 is 0 Å². The first-order valence-electron chi connectivity index (χ1n) is 6.65. The maximum atomic E-state index is 13.8. The molecule has 110 valence electrons. The fourth-order valence-electron chi connectivity index (χ4n) is 2.26. The van der Waals surface area contributed by atoms with E-state index in [2.05, 4.69) is 34.8 Å². The van der Waals surface area contributed by atoms with Crippen LogP contribution in [0.3, 0.4) is 0 Å². The van der Waals surface area contributed by atoms with Gasteiger partial charge in [-0.3, -0.25) is 0 Å². The van der Waals surface area contributed by atoms with Gasteiger partial charge < -0.3 is 15.0 Å². The number of ether oxygens (including phenoxy) is 1. The van der Waals surface area contributed by atoms with Crippen molar-refractivity contribution in [2.45, 2.75) is 26.8 Å². The van der Waals surface area contributed by atoms with E-state index in [-0.39, 0.29) is 11.9 Å². The zero-order chi connectivity index (χ0) is 14.9. The van der Waals surface area contributed by atoms with Crippen molar-refractivity contribution < 1.29 is 9.13 Å². The Morgan fingerprint density at radius 3 is 2.75 bits per heavy atom. The molecule has 1 unspecified atom stereocenters. The van der Waals surface area contributed by atoms with Gasteiger partial charge in [0, 0.05) is 12.7 Å². The second-order valence-corrected chi connectivity index (χ2v) is 5.92. The van der Waals surface area contributed by atoms with Crippen LogP contribution in [0.2, 0.25) is 0 Å². The van der Waals surface area contributed by atoms with E-state index in [0.29, 0.717) is 40.6 Å². The Bertz CT molecular complexity index is 612.